The van der Waals surface area contributed by atoms with Gasteiger partial charge in [0.15, 0.2) is 0 Å². The summed E-state index contributed by atoms with van der Waals surface area (Å²) in [6, 6.07) is 0. The normalized spacial score (nSPS) is 21.6. The van der Waals surface area contributed by atoms with Gasteiger partial charge in [0.05, 0.1) is 11.4 Å². The highest BCUT2D eigenvalue weighted by atomic mass is 32.2. The number of thioether (sulfide) groups is 1. The van der Waals surface area contributed by atoms with E-state index < -0.39 is 0 Å². The molecular formula is C14H17NS. The van der Waals surface area contributed by atoms with Gasteiger partial charge in [-0.05, 0) is 26.0 Å². The third-order valence-electron chi connectivity index (χ3n) is 2.13. The first kappa shape index (κ1) is 12.7. The zero-order valence-corrected chi connectivity index (χ0v) is 10.6. The van der Waals surface area contributed by atoms with Gasteiger partial charge in [-0.1, -0.05) is 49.2 Å². The minimum Gasteiger partial charge on any atom is -0.354 e. The molecule has 1 nitrogen and oxygen atoms in total. The molecule has 0 unspecified atom stereocenters. The van der Waals surface area contributed by atoms with Gasteiger partial charge in [-0.3, -0.25) is 0 Å². The largest absolute Gasteiger partial charge is 0.354 e. The number of rotatable bonds is 3. The summed E-state index contributed by atoms with van der Waals surface area (Å²) in [7, 11) is 0. The zero-order valence-electron chi connectivity index (χ0n) is 9.79. The first-order valence-electron chi connectivity index (χ1n) is 5.20. The molecule has 1 rings (SSSR count). The van der Waals surface area contributed by atoms with Gasteiger partial charge in [-0.25, -0.2) is 0 Å². The molecule has 0 aromatic carbocycles. The SMILES string of the molecule is C=CC1=C(C=C)SC(=C/C)/C(=C\C=C/C)N1. The van der Waals surface area contributed by atoms with Crippen LogP contribution in [0.3, 0.4) is 0 Å². The van der Waals surface area contributed by atoms with Crippen LogP contribution in [0.4, 0.5) is 0 Å². The fourth-order valence-electron chi connectivity index (χ4n) is 1.33. The molecule has 84 valence electrons. The molecule has 0 aromatic heterocycles. The second-order valence-corrected chi connectivity index (χ2v) is 4.26. The standard InChI is InChI=1S/C14H17NS/c1-5-9-10-12-14(8-4)16-13(7-3)11(6-2)15-12/h5-10,15H,2-3H2,1,4H3/b9-5-,12-10+,14-8+. The summed E-state index contributed by atoms with van der Waals surface area (Å²) in [5.41, 5.74) is 2.12. The molecule has 2 heteroatoms. The fourth-order valence-corrected chi connectivity index (χ4v) is 2.24. The molecule has 0 saturated heterocycles. The maximum Gasteiger partial charge on any atom is 0.0522 e. The fraction of sp³-hybridized carbons (Fsp3) is 0.143. The Kier molecular flexibility index (Phi) is 4.93. The van der Waals surface area contributed by atoms with Gasteiger partial charge in [0.25, 0.3) is 0 Å². The first-order chi connectivity index (χ1) is 7.76. The van der Waals surface area contributed by atoms with Crippen LogP contribution in [-0.2, 0) is 0 Å². The Morgan fingerprint density at radius 1 is 1.19 bits per heavy atom. The average molecular weight is 231 g/mol. The first-order valence-corrected chi connectivity index (χ1v) is 6.02. The summed E-state index contributed by atoms with van der Waals surface area (Å²) in [6.07, 6.45) is 11.9. The summed E-state index contributed by atoms with van der Waals surface area (Å²) in [5.74, 6) is 0. The molecule has 16 heavy (non-hydrogen) atoms. The highest BCUT2D eigenvalue weighted by molar-refractivity contribution is 8.07. The Bertz CT molecular complexity index is 408. The highest BCUT2D eigenvalue weighted by Crippen LogP contribution is 2.36. The predicted molar refractivity (Wildman–Crippen MR) is 74.8 cm³/mol. The lowest BCUT2D eigenvalue weighted by Crippen LogP contribution is -2.17. The van der Waals surface area contributed by atoms with Gasteiger partial charge in [-0.15, -0.1) is 0 Å². The molecule has 0 fully saturated rings. The van der Waals surface area contributed by atoms with Gasteiger partial charge in [0.2, 0.25) is 0 Å². The Morgan fingerprint density at radius 3 is 2.44 bits per heavy atom. The van der Waals surface area contributed by atoms with Gasteiger partial charge < -0.3 is 5.32 Å². The molecule has 0 aromatic rings. The molecule has 1 N–H and O–H groups in total. The molecule has 0 saturated carbocycles. The van der Waals surface area contributed by atoms with Crippen molar-refractivity contribution in [2.24, 2.45) is 0 Å². The van der Waals surface area contributed by atoms with E-state index in [1.54, 1.807) is 11.8 Å². The van der Waals surface area contributed by atoms with E-state index in [9.17, 15) is 0 Å². The van der Waals surface area contributed by atoms with E-state index in [0.717, 1.165) is 16.3 Å². The lowest BCUT2D eigenvalue weighted by atomic mass is 10.2. The predicted octanol–water partition coefficient (Wildman–Crippen LogP) is 4.27. The van der Waals surface area contributed by atoms with Crippen molar-refractivity contribution >= 4 is 11.8 Å². The Hall–Kier alpha value is -1.41. The van der Waals surface area contributed by atoms with Crippen LogP contribution in [0.5, 0.6) is 0 Å². The zero-order chi connectivity index (χ0) is 12.0. The number of hydrogen-bond donors (Lipinski definition) is 1. The number of hydrogen-bond acceptors (Lipinski definition) is 2. The van der Waals surface area contributed by atoms with Crippen molar-refractivity contribution in [3.63, 3.8) is 0 Å². The van der Waals surface area contributed by atoms with Crippen LogP contribution in [0.15, 0.2) is 70.8 Å². The maximum absolute atomic E-state index is 3.81. The molecule has 0 atom stereocenters. The van der Waals surface area contributed by atoms with Crippen LogP contribution in [-0.4, -0.2) is 0 Å². The van der Waals surface area contributed by atoms with Crippen molar-refractivity contribution in [1.82, 2.24) is 5.32 Å². The van der Waals surface area contributed by atoms with E-state index >= 15 is 0 Å². The van der Waals surface area contributed by atoms with Gasteiger partial charge >= 0.3 is 0 Å². The highest BCUT2D eigenvalue weighted by Gasteiger charge is 2.15. The third kappa shape index (κ3) is 2.80. The summed E-state index contributed by atoms with van der Waals surface area (Å²) in [5, 5.41) is 3.35. The van der Waals surface area contributed by atoms with E-state index in [1.165, 1.54) is 4.91 Å². The second kappa shape index (κ2) is 6.23. The second-order valence-electron chi connectivity index (χ2n) is 3.17. The van der Waals surface area contributed by atoms with Crippen molar-refractivity contribution in [3.05, 3.63) is 70.8 Å². The third-order valence-corrected chi connectivity index (χ3v) is 3.41. The summed E-state index contributed by atoms with van der Waals surface area (Å²) in [6.45, 7) is 11.6. The van der Waals surface area contributed by atoms with Crippen LogP contribution in [0.2, 0.25) is 0 Å². The smallest absolute Gasteiger partial charge is 0.0522 e. The lowest BCUT2D eigenvalue weighted by molar-refractivity contribution is 1.03. The Morgan fingerprint density at radius 2 is 1.94 bits per heavy atom. The average Bonchev–Trinajstić information content (AvgIpc) is 2.35. The quantitative estimate of drug-likeness (QED) is 0.778. The summed E-state index contributed by atoms with van der Waals surface area (Å²) >= 11 is 1.71. The van der Waals surface area contributed by atoms with Crippen LogP contribution in [0.25, 0.3) is 0 Å². The van der Waals surface area contributed by atoms with Gasteiger partial charge in [-0.2, -0.15) is 0 Å². The monoisotopic (exact) mass is 231 g/mol. The summed E-state index contributed by atoms with van der Waals surface area (Å²) in [4.78, 5) is 2.32. The van der Waals surface area contributed by atoms with E-state index in [-0.39, 0.29) is 0 Å². The van der Waals surface area contributed by atoms with Crippen LogP contribution < -0.4 is 5.32 Å². The molecule has 0 aliphatic carbocycles. The molecule has 1 heterocycles. The van der Waals surface area contributed by atoms with E-state index in [4.69, 9.17) is 0 Å². The molecular weight excluding hydrogens is 214 g/mol. The molecule has 0 bridgehead atoms. The van der Waals surface area contributed by atoms with Crippen LogP contribution in [0, 0.1) is 0 Å². The maximum atomic E-state index is 3.81. The number of nitrogens with one attached hydrogen (secondary N) is 1. The van der Waals surface area contributed by atoms with Crippen molar-refractivity contribution in [3.8, 4) is 0 Å². The minimum absolute atomic E-state index is 1.02. The lowest BCUT2D eigenvalue weighted by Gasteiger charge is -2.22. The van der Waals surface area contributed by atoms with Crippen molar-refractivity contribution < 1.29 is 0 Å². The van der Waals surface area contributed by atoms with Gasteiger partial charge in [0.1, 0.15) is 0 Å². The Labute approximate surface area is 102 Å². The van der Waals surface area contributed by atoms with E-state index in [2.05, 4.69) is 30.6 Å². The van der Waals surface area contributed by atoms with Crippen molar-refractivity contribution in [2.75, 3.05) is 0 Å². The number of allylic oxidation sites excluding steroid dienone is 6. The van der Waals surface area contributed by atoms with Crippen molar-refractivity contribution in [1.29, 1.82) is 0 Å². The van der Waals surface area contributed by atoms with E-state index in [0.29, 0.717) is 0 Å². The summed E-state index contributed by atoms with van der Waals surface area (Å²) < 4.78 is 0. The van der Waals surface area contributed by atoms with Gasteiger partial charge in [0, 0.05) is 9.81 Å². The molecule has 1 aliphatic heterocycles. The minimum atomic E-state index is 1.02. The van der Waals surface area contributed by atoms with Crippen LogP contribution in [0.1, 0.15) is 13.8 Å². The van der Waals surface area contributed by atoms with Crippen molar-refractivity contribution in [2.45, 2.75) is 13.8 Å². The molecule has 1 aliphatic rings. The Balaban J connectivity index is 3.13. The topological polar surface area (TPSA) is 12.0 Å². The molecule has 0 radical (unpaired) electrons. The molecule has 0 spiro atoms. The van der Waals surface area contributed by atoms with Crippen LogP contribution >= 0.6 is 11.8 Å². The van der Waals surface area contributed by atoms with E-state index in [1.807, 2.05) is 38.2 Å². The molecule has 0 amide bonds.